The monoisotopic (exact) mass is 333 g/mol. The highest BCUT2D eigenvalue weighted by atomic mass is 35.5. The van der Waals surface area contributed by atoms with Crippen LogP contribution in [0, 0.1) is 5.92 Å². The second-order valence-electron chi connectivity index (χ2n) is 5.03. The first kappa shape index (κ1) is 17.9. The van der Waals surface area contributed by atoms with Crippen LogP contribution < -0.4 is 10.6 Å². The molecule has 2 N–H and O–H groups in total. The maximum Gasteiger partial charge on any atom is 0.328 e. The number of nitrogens with one attached hydrogen (secondary N) is 2. The van der Waals surface area contributed by atoms with Gasteiger partial charge in [0.05, 0.1) is 17.2 Å². The van der Waals surface area contributed by atoms with Crippen molar-refractivity contribution < 1.29 is 9.53 Å². The van der Waals surface area contributed by atoms with E-state index >= 15 is 0 Å². The van der Waals surface area contributed by atoms with Crippen LogP contribution in [0.5, 0.6) is 0 Å². The minimum Gasteiger partial charge on any atom is -0.467 e. The molecule has 5 nitrogen and oxygen atoms in total. The van der Waals surface area contributed by atoms with Crippen molar-refractivity contribution in [2.75, 3.05) is 24.3 Å². The van der Waals surface area contributed by atoms with Crippen LogP contribution in [0.3, 0.4) is 0 Å². The number of hydrogen-bond donors (Lipinski definition) is 2. The van der Waals surface area contributed by atoms with Gasteiger partial charge in [-0.15, -0.1) is 0 Å². The molecule has 0 aliphatic rings. The van der Waals surface area contributed by atoms with Crippen molar-refractivity contribution in [2.24, 2.45) is 5.92 Å². The number of carbonyl (C=O) groups is 1. The number of ether oxygens (including phenoxy) is 1. The fourth-order valence-electron chi connectivity index (χ4n) is 1.85. The second-order valence-corrected chi connectivity index (χ2v) is 5.84. The number of hydrogen-bond acceptors (Lipinski definition) is 5. The van der Waals surface area contributed by atoms with Gasteiger partial charge >= 0.3 is 5.97 Å². The van der Waals surface area contributed by atoms with E-state index in [0.29, 0.717) is 40.6 Å². The molecule has 0 aromatic carbocycles. The molecule has 0 aliphatic carbocycles. The van der Waals surface area contributed by atoms with Gasteiger partial charge in [-0.25, -0.2) is 9.78 Å². The third kappa shape index (κ3) is 5.25. The van der Waals surface area contributed by atoms with Gasteiger partial charge in [-0.05, 0) is 25.3 Å². The third-order valence-corrected chi connectivity index (χ3v) is 3.35. The SMILES string of the molecule is CCNc1nc(NC(CC(C)C)C(=O)OC)c(Cl)cc1Cl. The number of nitrogens with zero attached hydrogens (tertiary/aromatic N) is 1. The minimum absolute atomic E-state index is 0.320. The first-order chi connectivity index (χ1) is 9.88. The Bertz CT molecular complexity index is 495. The van der Waals surface area contributed by atoms with Crippen LogP contribution in [0.2, 0.25) is 10.0 Å². The van der Waals surface area contributed by atoms with Crippen LogP contribution in [-0.4, -0.2) is 30.6 Å². The van der Waals surface area contributed by atoms with Crippen LogP contribution in [0.15, 0.2) is 6.07 Å². The molecule has 1 aromatic heterocycles. The van der Waals surface area contributed by atoms with E-state index in [1.54, 1.807) is 6.07 Å². The molecule has 7 heteroatoms. The average molecular weight is 334 g/mol. The van der Waals surface area contributed by atoms with E-state index in [9.17, 15) is 4.79 Å². The molecule has 118 valence electrons. The molecule has 0 aliphatic heterocycles. The van der Waals surface area contributed by atoms with Gasteiger partial charge in [-0.2, -0.15) is 0 Å². The van der Waals surface area contributed by atoms with Gasteiger partial charge in [0.15, 0.2) is 0 Å². The summed E-state index contributed by atoms with van der Waals surface area (Å²) < 4.78 is 4.81. The number of anilines is 2. The Hall–Kier alpha value is -1.20. The van der Waals surface area contributed by atoms with Crippen LogP contribution in [-0.2, 0) is 9.53 Å². The fourth-order valence-corrected chi connectivity index (χ4v) is 2.33. The first-order valence-corrected chi connectivity index (χ1v) is 7.58. The zero-order valence-electron chi connectivity index (χ0n) is 12.7. The Balaban J connectivity index is 3.02. The van der Waals surface area contributed by atoms with Crippen molar-refractivity contribution in [3.8, 4) is 0 Å². The van der Waals surface area contributed by atoms with Gasteiger partial charge in [0, 0.05) is 6.54 Å². The number of aromatic nitrogens is 1. The Morgan fingerprint density at radius 3 is 2.48 bits per heavy atom. The molecule has 21 heavy (non-hydrogen) atoms. The van der Waals surface area contributed by atoms with E-state index in [1.807, 2.05) is 20.8 Å². The Morgan fingerprint density at radius 2 is 1.95 bits per heavy atom. The molecule has 0 bridgehead atoms. The van der Waals surface area contributed by atoms with Gasteiger partial charge in [-0.1, -0.05) is 37.0 Å². The van der Waals surface area contributed by atoms with Gasteiger partial charge in [0.25, 0.3) is 0 Å². The molecule has 1 heterocycles. The average Bonchev–Trinajstić information content (AvgIpc) is 2.41. The van der Waals surface area contributed by atoms with E-state index in [0.717, 1.165) is 0 Å². The molecule has 0 spiro atoms. The summed E-state index contributed by atoms with van der Waals surface area (Å²) in [6.45, 7) is 6.67. The Morgan fingerprint density at radius 1 is 1.33 bits per heavy atom. The van der Waals surface area contributed by atoms with Gasteiger partial charge in [-0.3, -0.25) is 0 Å². The summed E-state index contributed by atoms with van der Waals surface area (Å²) in [6, 6.07) is 1.09. The molecule has 1 rings (SSSR count). The highest BCUT2D eigenvalue weighted by molar-refractivity contribution is 6.37. The smallest absolute Gasteiger partial charge is 0.328 e. The van der Waals surface area contributed by atoms with E-state index in [2.05, 4.69) is 15.6 Å². The first-order valence-electron chi connectivity index (χ1n) is 6.83. The van der Waals surface area contributed by atoms with Crippen molar-refractivity contribution in [1.82, 2.24) is 4.98 Å². The quantitative estimate of drug-likeness (QED) is 0.742. The van der Waals surface area contributed by atoms with Crippen molar-refractivity contribution in [3.05, 3.63) is 16.1 Å². The fraction of sp³-hybridized carbons (Fsp3) is 0.571. The second kappa shape index (κ2) is 8.29. The predicted octanol–water partition coefficient (Wildman–Crippen LogP) is 3.82. The summed E-state index contributed by atoms with van der Waals surface area (Å²) in [6.07, 6.45) is 0.615. The number of rotatable bonds is 7. The van der Waals surface area contributed by atoms with Crippen molar-refractivity contribution in [1.29, 1.82) is 0 Å². The largest absolute Gasteiger partial charge is 0.467 e. The van der Waals surface area contributed by atoms with E-state index in [1.165, 1.54) is 7.11 Å². The standard InChI is InChI=1S/C14H21Cl2N3O2/c1-5-17-12-9(15)7-10(16)13(19-12)18-11(6-8(2)3)14(20)21-4/h7-8,11H,5-6H2,1-4H3,(H2,17,18,19). The molecule has 0 amide bonds. The van der Waals surface area contributed by atoms with Crippen LogP contribution >= 0.6 is 23.2 Å². The zero-order chi connectivity index (χ0) is 16.0. The lowest BCUT2D eigenvalue weighted by Crippen LogP contribution is -2.32. The lowest BCUT2D eigenvalue weighted by Gasteiger charge is -2.20. The van der Waals surface area contributed by atoms with Gasteiger partial charge in [0.1, 0.15) is 17.7 Å². The van der Waals surface area contributed by atoms with Gasteiger partial charge < -0.3 is 15.4 Å². The van der Waals surface area contributed by atoms with Crippen LogP contribution in [0.25, 0.3) is 0 Å². The third-order valence-electron chi connectivity index (χ3n) is 2.78. The summed E-state index contributed by atoms with van der Waals surface area (Å²) in [5.74, 6) is 0.912. The molecule has 1 atom stereocenters. The molecular weight excluding hydrogens is 313 g/mol. The number of pyridine rings is 1. The normalized spacial score (nSPS) is 12.1. The Labute approximate surface area is 135 Å². The number of halogens is 2. The summed E-state index contributed by atoms with van der Waals surface area (Å²) in [7, 11) is 1.36. The highest BCUT2D eigenvalue weighted by Gasteiger charge is 2.22. The summed E-state index contributed by atoms with van der Waals surface area (Å²) >= 11 is 12.2. The maximum atomic E-state index is 11.8. The number of carbonyl (C=O) groups excluding carboxylic acids is 1. The zero-order valence-corrected chi connectivity index (χ0v) is 14.2. The van der Waals surface area contributed by atoms with Crippen molar-refractivity contribution in [2.45, 2.75) is 33.2 Å². The minimum atomic E-state index is -0.504. The van der Waals surface area contributed by atoms with Crippen molar-refractivity contribution >= 4 is 40.8 Å². The van der Waals surface area contributed by atoms with Crippen LogP contribution in [0.1, 0.15) is 27.2 Å². The summed E-state index contributed by atoms with van der Waals surface area (Å²) in [4.78, 5) is 16.2. The molecule has 0 saturated heterocycles. The lowest BCUT2D eigenvalue weighted by atomic mass is 10.0. The molecule has 0 fully saturated rings. The highest BCUT2D eigenvalue weighted by Crippen LogP contribution is 2.30. The Kier molecular flexibility index (Phi) is 7.05. The topological polar surface area (TPSA) is 63.2 Å². The van der Waals surface area contributed by atoms with E-state index in [4.69, 9.17) is 27.9 Å². The van der Waals surface area contributed by atoms with Crippen molar-refractivity contribution in [3.63, 3.8) is 0 Å². The van der Waals surface area contributed by atoms with E-state index < -0.39 is 6.04 Å². The summed E-state index contributed by atoms with van der Waals surface area (Å²) in [5, 5.41) is 6.88. The maximum absolute atomic E-state index is 11.8. The lowest BCUT2D eigenvalue weighted by molar-refractivity contribution is -0.141. The molecule has 0 saturated carbocycles. The number of methoxy groups -OCH3 is 1. The molecule has 1 aromatic rings. The molecule has 1 unspecified atom stereocenters. The summed E-state index contributed by atoms with van der Waals surface area (Å²) in [5.41, 5.74) is 0. The van der Waals surface area contributed by atoms with E-state index in [-0.39, 0.29) is 5.97 Å². The number of esters is 1. The van der Waals surface area contributed by atoms with Gasteiger partial charge in [0.2, 0.25) is 0 Å². The van der Waals surface area contributed by atoms with Crippen LogP contribution in [0.4, 0.5) is 11.6 Å². The molecular formula is C14H21Cl2N3O2. The predicted molar refractivity (Wildman–Crippen MR) is 87.3 cm³/mol. The molecule has 0 radical (unpaired) electrons.